The molecule has 2 aromatic carbocycles. The van der Waals surface area contributed by atoms with Crippen molar-refractivity contribution in [3.8, 4) is 11.1 Å². The van der Waals surface area contributed by atoms with Crippen LogP contribution in [-0.2, 0) is 7.05 Å². The van der Waals surface area contributed by atoms with Gasteiger partial charge in [0, 0.05) is 44.0 Å². The van der Waals surface area contributed by atoms with Crippen LogP contribution in [0.5, 0.6) is 0 Å². The van der Waals surface area contributed by atoms with Crippen LogP contribution in [0.1, 0.15) is 27.5 Å². The van der Waals surface area contributed by atoms with Crippen molar-refractivity contribution in [2.45, 2.75) is 13.0 Å². The van der Waals surface area contributed by atoms with Crippen molar-refractivity contribution < 1.29 is 4.79 Å². The summed E-state index contributed by atoms with van der Waals surface area (Å²) >= 11 is 0. The van der Waals surface area contributed by atoms with Crippen LogP contribution in [0.2, 0.25) is 0 Å². The lowest BCUT2D eigenvalue weighted by atomic mass is 10.0. The molecule has 3 aromatic rings. The van der Waals surface area contributed by atoms with Crippen LogP contribution in [0, 0.1) is 6.92 Å². The molecule has 5 nitrogen and oxygen atoms in total. The molecular formula is C22H24N4O. The Hall–Kier alpha value is -2.92. The predicted octanol–water partition coefficient (Wildman–Crippen LogP) is 3.18. The number of hydrogen-bond donors (Lipinski definition) is 1. The first-order valence-corrected chi connectivity index (χ1v) is 9.28. The number of carbonyl (C=O) groups excluding carboxylic acids is 1. The molecule has 0 spiro atoms. The maximum atomic E-state index is 13.1. The van der Waals surface area contributed by atoms with Gasteiger partial charge >= 0.3 is 0 Å². The smallest absolute Gasteiger partial charge is 0.253 e. The molecule has 2 heterocycles. The molecule has 0 saturated carbocycles. The van der Waals surface area contributed by atoms with Crippen LogP contribution in [-0.4, -0.2) is 40.2 Å². The predicted molar refractivity (Wildman–Crippen MR) is 106 cm³/mol. The van der Waals surface area contributed by atoms with E-state index in [1.54, 1.807) is 4.68 Å². The zero-order valence-corrected chi connectivity index (χ0v) is 15.7. The number of benzene rings is 2. The molecule has 1 aliphatic heterocycles. The van der Waals surface area contributed by atoms with E-state index in [4.69, 9.17) is 0 Å². The van der Waals surface area contributed by atoms with E-state index in [0.29, 0.717) is 13.1 Å². The van der Waals surface area contributed by atoms with Crippen molar-refractivity contribution in [1.29, 1.82) is 0 Å². The second kappa shape index (κ2) is 7.37. The molecule has 1 aliphatic rings. The van der Waals surface area contributed by atoms with Crippen molar-refractivity contribution in [3.05, 3.63) is 77.6 Å². The van der Waals surface area contributed by atoms with Crippen LogP contribution in [0.25, 0.3) is 11.1 Å². The summed E-state index contributed by atoms with van der Waals surface area (Å²) in [6, 6.07) is 16.4. The van der Waals surface area contributed by atoms with E-state index in [1.807, 2.05) is 48.6 Å². The first-order valence-electron chi connectivity index (χ1n) is 9.28. The molecule has 1 saturated heterocycles. The number of amides is 1. The lowest BCUT2D eigenvalue weighted by Gasteiger charge is -2.33. The van der Waals surface area contributed by atoms with Gasteiger partial charge in [0.25, 0.3) is 5.91 Å². The van der Waals surface area contributed by atoms with E-state index >= 15 is 0 Å². The summed E-state index contributed by atoms with van der Waals surface area (Å²) in [5.74, 6) is 0.0832. The number of nitrogens with one attached hydrogen (secondary N) is 1. The van der Waals surface area contributed by atoms with Gasteiger partial charge in [-0.3, -0.25) is 9.48 Å². The molecule has 1 aromatic heterocycles. The van der Waals surface area contributed by atoms with Gasteiger partial charge in [-0.2, -0.15) is 5.10 Å². The Morgan fingerprint density at radius 1 is 1.15 bits per heavy atom. The molecule has 138 valence electrons. The van der Waals surface area contributed by atoms with Gasteiger partial charge in [0.05, 0.1) is 12.2 Å². The second-order valence-electron chi connectivity index (χ2n) is 7.16. The molecule has 0 bridgehead atoms. The zero-order valence-electron chi connectivity index (χ0n) is 15.7. The Balaban J connectivity index is 1.54. The third-order valence-electron chi connectivity index (χ3n) is 5.05. The lowest BCUT2D eigenvalue weighted by Crippen LogP contribution is -2.48. The summed E-state index contributed by atoms with van der Waals surface area (Å²) in [5, 5.41) is 7.73. The fraction of sp³-hybridized carbons (Fsp3) is 0.273. The van der Waals surface area contributed by atoms with E-state index in [0.717, 1.165) is 28.8 Å². The number of aromatic nitrogens is 2. The summed E-state index contributed by atoms with van der Waals surface area (Å²) in [4.78, 5) is 15.0. The number of hydrogen-bond acceptors (Lipinski definition) is 3. The van der Waals surface area contributed by atoms with Crippen molar-refractivity contribution >= 4 is 5.91 Å². The first-order chi connectivity index (χ1) is 13.1. The third kappa shape index (κ3) is 3.78. The van der Waals surface area contributed by atoms with Gasteiger partial charge in [0.2, 0.25) is 0 Å². The zero-order chi connectivity index (χ0) is 18.8. The highest BCUT2D eigenvalue weighted by Gasteiger charge is 2.26. The summed E-state index contributed by atoms with van der Waals surface area (Å²) < 4.78 is 1.79. The molecule has 1 fully saturated rings. The summed E-state index contributed by atoms with van der Waals surface area (Å²) in [5.41, 5.74) is 5.27. The Morgan fingerprint density at radius 3 is 2.67 bits per heavy atom. The van der Waals surface area contributed by atoms with Crippen LogP contribution in [0.3, 0.4) is 0 Å². The van der Waals surface area contributed by atoms with Crippen molar-refractivity contribution in [1.82, 2.24) is 20.0 Å². The number of aryl methyl sites for hydroxylation is 2. The van der Waals surface area contributed by atoms with Crippen molar-refractivity contribution in [3.63, 3.8) is 0 Å². The van der Waals surface area contributed by atoms with Gasteiger partial charge in [-0.05, 0) is 30.2 Å². The normalized spacial score (nSPS) is 17.1. The number of carbonyl (C=O) groups is 1. The van der Waals surface area contributed by atoms with Gasteiger partial charge in [-0.25, -0.2) is 0 Å². The van der Waals surface area contributed by atoms with E-state index in [-0.39, 0.29) is 11.9 Å². The standard InChI is InChI=1S/C22H24N4O/c1-16-5-3-6-17(11-16)18-7-4-8-19(12-18)22(27)26-10-9-23-21(15-26)20-13-24-25(2)14-20/h3-8,11-14,21,23H,9-10,15H2,1-2H3. The minimum atomic E-state index is 0.0832. The Bertz CT molecular complexity index is 962. The van der Waals surface area contributed by atoms with E-state index < -0.39 is 0 Å². The van der Waals surface area contributed by atoms with E-state index in [2.05, 4.69) is 41.6 Å². The fourth-order valence-electron chi connectivity index (χ4n) is 3.62. The van der Waals surface area contributed by atoms with Crippen molar-refractivity contribution in [2.24, 2.45) is 7.05 Å². The largest absolute Gasteiger partial charge is 0.335 e. The molecule has 4 rings (SSSR count). The highest BCUT2D eigenvalue weighted by atomic mass is 16.2. The van der Waals surface area contributed by atoms with E-state index in [9.17, 15) is 4.79 Å². The number of rotatable bonds is 3. The molecule has 0 radical (unpaired) electrons. The molecule has 1 atom stereocenters. The Morgan fingerprint density at radius 2 is 1.93 bits per heavy atom. The van der Waals surface area contributed by atoms with Crippen molar-refractivity contribution in [2.75, 3.05) is 19.6 Å². The molecule has 1 N–H and O–H groups in total. The highest BCUT2D eigenvalue weighted by Crippen LogP contribution is 2.23. The minimum absolute atomic E-state index is 0.0832. The Kier molecular flexibility index (Phi) is 4.77. The van der Waals surface area contributed by atoms with Gasteiger partial charge in [-0.1, -0.05) is 42.0 Å². The van der Waals surface area contributed by atoms with E-state index in [1.165, 1.54) is 5.56 Å². The van der Waals surface area contributed by atoms with Gasteiger partial charge < -0.3 is 10.2 Å². The minimum Gasteiger partial charge on any atom is -0.335 e. The average Bonchev–Trinajstić information content (AvgIpc) is 3.14. The summed E-state index contributed by atoms with van der Waals surface area (Å²) in [6.45, 7) is 4.23. The summed E-state index contributed by atoms with van der Waals surface area (Å²) in [7, 11) is 1.91. The molecule has 1 unspecified atom stereocenters. The third-order valence-corrected chi connectivity index (χ3v) is 5.05. The monoisotopic (exact) mass is 360 g/mol. The van der Waals surface area contributed by atoms with Crippen LogP contribution >= 0.6 is 0 Å². The SMILES string of the molecule is Cc1cccc(-c2cccc(C(=O)N3CCNC(c4cnn(C)c4)C3)c2)c1. The fourth-order valence-corrected chi connectivity index (χ4v) is 3.62. The molecule has 1 amide bonds. The molecule has 0 aliphatic carbocycles. The molecular weight excluding hydrogens is 336 g/mol. The topological polar surface area (TPSA) is 50.2 Å². The quantitative estimate of drug-likeness (QED) is 0.780. The second-order valence-corrected chi connectivity index (χ2v) is 7.16. The maximum absolute atomic E-state index is 13.1. The summed E-state index contributed by atoms with van der Waals surface area (Å²) in [6.07, 6.45) is 3.87. The lowest BCUT2D eigenvalue weighted by molar-refractivity contribution is 0.0703. The van der Waals surface area contributed by atoms with Crippen LogP contribution in [0.15, 0.2) is 60.9 Å². The number of piperazine rings is 1. The maximum Gasteiger partial charge on any atom is 0.253 e. The van der Waals surface area contributed by atoms with Gasteiger partial charge in [0.1, 0.15) is 0 Å². The number of nitrogens with zero attached hydrogens (tertiary/aromatic N) is 3. The Labute approximate surface area is 159 Å². The first kappa shape index (κ1) is 17.5. The van der Waals surface area contributed by atoms with Gasteiger partial charge in [-0.15, -0.1) is 0 Å². The molecule has 5 heteroatoms. The van der Waals surface area contributed by atoms with Crippen LogP contribution < -0.4 is 5.32 Å². The molecule has 27 heavy (non-hydrogen) atoms. The average molecular weight is 360 g/mol. The van der Waals surface area contributed by atoms with Gasteiger partial charge in [0.15, 0.2) is 0 Å². The highest BCUT2D eigenvalue weighted by molar-refractivity contribution is 5.95. The van der Waals surface area contributed by atoms with Crippen LogP contribution in [0.4, 0.5) is 0 Å².